The van der Waals surface area contributed by atoms with Gasteiger partial charge in [0.05, 0.1) is 25.8 Å². The van der Waals surface area contributed by atoms with E-state index in [0.29, 0.717) is 5.56 Å². The van der Waals surface area contributed by atoms with Gasteiger partial charge in [0.1, 0.15) is 11.6 Å². The number of ether oxygens (including phenoxy) is 1. The maximum Gasteiger partial charge on any atom is 0.333 e. The number of urea groups is 1. The molecule has 0 atom stereocenters. The van der Waals surface area contributed by atoms with Gasteiger partial charge >= 0.3 is 11.9 Å². The number of hydrazine groups is 1. The molecule has 0 radical (unpaired) electrons. The molecule has 15 heteroatoms. The van der Waals surface area contributed by atoms with Gasteiger partial charge in [-0.3, -0.25) is 10.2 Å². The highest BCUT2D eigenvalue weighted by Gasteiger charge is 2.20. The van der Waals surface area contributed by atoms with Crippen molar-refractivity contribution in [2.24, 2.45) is 7.05 Å². The molecule has 0 fully saturated rings. The van der Waals surface area contributed by atoms with Gasteiger partial charge in [-0.15, -0.1) is 10.2 Å². The van der Waals surface area contributed by atoms with E-state index < -0.39 is 23.6 Å². The fourth-order valence-corrected chi connectivity index (χ4v) is 3.33. The molecule has 0 aliphatic heterocycles. The Bertz CT molecular complexity index is 1440. The lowest BCUT2D eigenvalue weighted by atomic mass is 9.97. The van der Waals surface area contributed by atoms with Crippen LogP contribution in [0.2, 0.25) is 5.02 Å². The summed E-state index contributed by atoms with van der Waals surface area (Å²) in [6, 6.07) is 7.08. The van der Waals surface area contributed by atoms with E-state index in [1.807, 2.05) is 0 Å². The number of methoxy groups -OCH3 is 1. The van der Waals surface area contributed by atoms with Crippen molar-refractivity contribution >= 4 is 23.5 Å². The Morgan fingerprint density at radius 2 is 1.94 bits per heavy atom. The van der Waals surface area contributed by atoms with E-state index in [1.54, 1.807) is 0 Å². The van der Waals surface area contributed by atoms with Crippen LogP contribution in [0.25, 0.3) is 22.5 Å². The number of nitrogens with one attached hydrogen (secondary N) is 3. The van der Waals surface area contributed by atoms with Crippen LogP contribution in [0.15, 0.2) is 40.9 Å². The van der Waals surface area contributed by atoms with Crippen LogP contribution in [0.4, 0.5) is 13.6 Å². The van der Waals surface area contributed by atoms with Gasteiger partial charge in [-0.05, 0) is 39.7 Å². The minimum atomic E-state index is -0.814. The van der Waals surface area contributed by atoms with Crippen LogP contribution in [-0.2, 0) is 13.6 Å². The number of benzene rings is 2. The largest absolute Gasteiger partial charge is 0.479 e. The Kier molecular flexibility index (Phi) is 7.05. The number of carbonyl (C=O) groups excluding carboxylic acids is 2. The van der Waals surface area contributed by atoms with Crippen molar-refractivity contribution in [2.45, 2.75) is 6.54 Å². The van der Waals surface area contributed by atoms with Crippen LogP contribution in [-0.4, -0.2) is 44.4 Å². The topological polar surface area (TPSA) is 149 Å². The molecule has 3 amide bonds. The molecule has 4 rings (SSSR count). The molecule has 2 aromatic heterocycles. The van der Waals surface area contributed by atoms with Gasteiger partial charge in [0.25, 0.3) is 5.88 Å². The van der Waals surface area contributed by atoms with E-state index in [1.165, 1.54) is 49.3 Å². The van der Waals surface area contributed by atoms with Gasteiger partial charge in [0.15, 0.2) is 0 Å². The maximum absolute atomic E-state index is 14.8. The van der Waals surface area contributed by atoms with Crippen molar-refractivity contribution in [2.75, 3.05) is 7.11 Å². The van der Waals surface area contributed by atoms with Crippen LogP contribution in [0, 0.1) is 11.6 Å². The summed E-state index contributed by atoms with van der Waals surface area (Å²) >= 11 is 6.02. The minimum Gasteiger partial charge on any atom is -0.479 e. The molecule has 12 nitrogen and oxygen atoms in total. The first-order valence-corrected chi connectivity index (χ1v) is 10.5. The SMILES string of the molecule is COc1cc(C(=O)NNC(=O)NCc2ccc(-c3cc(Cl)cc(F)c3-c3nnn(C)n3)cc2F)on1. The number of hydrogen-bond donors (Lipinski definition) is 3. The number of amides is 3. The van der Waals surface area contributed by atoms with Crippen LogP contribution < -0.4 is 20.9 Å². The van der Waals surface area contributed by atoms with E-state index in [2.05, 4.69) is 36.7 Å². The number of aromatic nitrogens is 5. The van der Waals surface area contributed by atoms with Gasteiger partial charge in [-0.2, -0.15) is 4.80 Å². The zero-order valence-electron chi connectivity index (χ0n) is 18.7. The second kappa shape index (κ2) is 10.4. The highest BCUT2D eigenvalue weighted by atomic mass is 35.5. The number of rotatable bonds is 6. The van der Waals surface area contributed by atoms with E-state index in [9.17, 15) is 18.4 Å². The Morgan fingerprint density at radius 3 is 2.61 bits per heavy atom. The standard InChI is InChI=1S/C21H17ClF2N8O4/c1-32-29-19(26-31-32)18-13(6-12(22)7-15(18)24)10-3-4-11(14(23)5-10)9-25-21(34)28-27-20(33)16-8-17(35-2)30-36-16/h3-8H,9H2,1-2H3,(H,27,33)(H2,25,28,34). The van der Waals surface area contributed by atoms with Crippen molar-refractivity contribution in [1.82, 2.24) is 41.5 Å². The van der Waals surface area contributed by atoms with E-state index in [4.69, 9.17) is 20.9 Å². The summed E-state index contributed by atoms with van der Waals surface area (Å²) in [6.07, 6.45) is 0. The summed E-state index contributed by atoms with van der Waals surface area (Å²) in [5.74, 6) is -2.25. The molecule has 2 aromatic carbocycles. The Morgan fingerprint density at radius 1 is 1.14 bits per heavy atom. The molecule has 0 bridgehead atoms. The number of halogens is 3. The fraction of sp³-hybridized carbons (Fsp3) is 0.143. The molecule has 36 heavy (non-hydrogen) atoms. The van der Waals surface area contributed by atoms with Crippen LogP contribution in [0.3, 0.4) is 0 Å². The average molecular weight is 519 g/mol. The molecular weight excluding hydrogens is 502 g/mol. The van der Waals surface area contributed by atoms with Gasteiger partial charge in [0, 0.05) is 17.1 Å². The van der Waals surface area contributed by atoms with Gasteiger partial charge < -0.3 is 14.6 Å². The van der Waals surface area contributed by atoms with Crippen molar-refractivity contribution in [3.63, 3.8) is 0 Å². The quantitative estimate of drug-likeness (QED) is 0.330. The van der Waals surface area contributed by atoms with Crippen molar-refractivity contribution < 1.29 is 27.6 Å². The third-order valence-electron chi connectivity index (χ3n) is 4.80. The number of carbonyl (C=O) groups is 2. The molecule has 3 N–H and O–H groups in total. The van der Waals surface area contributed by atoms with Crippen molar-refractivity contribution in [1.29, 1.82) is 0 Å². The number of hydrogen-bond acceptors (Lipinski definition) is 8. The molecule has 186 valence electrons. The first-order valence-electron chi connectivity index (χ1n) is 10.1. The fourth-order valence-electron chi connectivity index (χ4n) is 3.13. The molecule has 0 unspecified atom stereocenters. The lowest BCUT2D eigenvalue weighted by molar-refractivity contribution is 0.0898. The zero-order chi connectivity index (χ0) is 25.8. The Hall–Kier alpha value is -4.59. The summed E-state index contributed by atoms with van der Waals surface area (Å²) in [6.45, 7) is -0.216. The van der Waals surface area contributed by atoms with Gasteiger partial charge in [-0.1, -0.05) is 23.7 Å². The van der Waals surface area contributed by atoms with Gasteiger partial charge in [0.2, 0.25) is 11.6 Å². The molecule has 0 aliphatic rings. The van der Waals surface area contributed by atoms with E-state index in [0.717, 1.165) is 6.07 Å². The zero-order valence-corrected chi connectivity index (χ0v) is 19.4. The first kappa shape index (κ1) is 24.5. The third-order valence-corrected chi connectivity index (χ3v) is 5.02. The number of tetrazole rings is 1. The monoisotopic (exact) mass is 518 g/mol. The Balaban J connectivity index is 1.44. The molecule has 0 saturated heterocycles. The normalized spacial score (nSPS) is 10.7. The van der Waals surface area contributed by atoms with E-state index >= 15 is 0 Å². The molecule has 0 saturated carbocycles. The van der Waals surface area contributed by atoms with E-state index in [-0.39, 0.29) is 45.7 Å². The number of nitrogens with zero attached hydrogens (tertiary/aromatic N) is 5. The highest BCUT2D eigenvalue weighted by Crippen LogP contribution is 2.35. The third kappa shape index (κ3) is 5.38. The van der Waals surface area contributed by atoms with Crippen LogP contribution >= 0.6 is 11.6 Å². The van der Waals surface area contributed by atoms with Crippen LogP contribution in [0.1, 0.15) is 16.1 Å². The summed E-state index contributed by atoms with van der Waals surface area (Å²) in [5, 5.41) is 17.5. The van der Waals surface area contributed by atoms with Crippen LogP contribution in [0.5, 0.6) is 5.88 Å². The molecule has 0 spiro atoms. The second-order valence-corrected chi connectivity index (χ2v) is 7.65. The molecule has 4 aromatic rings. The lowest BCUT2D eigenvalue weighted by Gasteiger charge is -2.12. The van der Waals surface area contributed by atoms with Gasteiger partial charge in [-0.25, -0.2) is 19.0 Å². The summed E-state index contributed by atoms with van der Waals surface area (Å²) < 4.78 is 39.1. The smallest absolute Gasteiger partial charge is 0.333 e. The summed E-state index contributed by atoms with van der Waals surface area (Å²) in [7, 11) is 2.87. The average Bonchev–Trinajstić information content (AvgIpc) is 3.50. The molecular formula is C21H17ClF2N8O4. The Labute approximate surface area is 206 Å². The second-order valence-electron chi connectivity index (χ2n) is 7.21. The minimum absolute atomic E-state index is 0.00955. The summed E-state index contributed by atoms with van der Waals surface area (Å²) in [5.41, 5.74) is 4.90. The van der Waals surface area contributed by atoms with Crippen molar-refractivity contribution in [3.8, 4) is 28.4 Å². The molecule has 2 heterocycles. The van der Waals surface area contributed by atoms with Crippen molar-refractivity contribution in [3.05, 3.63) is 64.4 Å². The number of aryl methyl sites for hydroxylation is 1. The predicted octanol–water partition coefficient (Wildman–Crippen LogP) is 2.62. The maximum atomic E-state index is 14.8. The highest BCUT2D eigenvalue weighted by molar-refractivity contribution is 6.31. The molecule has 0 aliphatic carbocycles. The first-order chi connectivity index (χ1) is 17.2. The summed E-state index contributed by atoms with van der Waals surface area (Å²) in [4.78, 5) is 25.1. The predicted molar refractivity (Wildman–Crippen MR) is 120 cm³/mol. The lowest BCUT2D eigenvalue weighted by Crippen LogP contribution is -2.46.